The third-order valence-corrected chi connectivity index (χ3v) is 7.10. The van der Waals surface area contributed by atoms with Crippen LogP contribution in [-0.4, -0.2) is 33.5 Å². The van der Waals surface area contributed by atoms with Crippen molar-refractivity contribution in [1.82, 2.24) is 5.32 Å². The largest absolute Gasteiger partial charge is 0.476 e. The first-order chi connectivity index (χ1) is 15.0. The number of rotatable bonds is 6. The van der Waals surface area contributed by atoms with Gasteiger partial charge < -0.3 is 10.1 Å². The van der Waals surface area contributed by atoms with Gasteiger partial charge in [-0.05, 0) is 35.7 Å². The van der Waals surface area contributed by atoms with Gasteiger partial charge in [-0.15, -0.1) is 0 Å². The van der Waals surface area contributed by atoms with Crippen molar-refractivity contribution in [3.8, 4) is 5.75 Å². The summed E-state index contributed by atoms with van der Waals surface area (Å²) in [6.45, 7) is 2.36. The van der Waals surface area contributed by atoms with Gasteiger partial charge in [-0.25, -0.2) is 8.42 Å². The van der Waals surface area contributed by atoms with Crippen LogP contribution in [0.4, 0.5) is 5.69 Å². The zero-order valence-electron chi connectivity index (χ0n) is 17.1. The Morgan fingerprint density at radius 2 is 1.61 bits per heavy atom. The molecular formula is C24H24N2O4S. The lowest BCUT2D eigenvalue weighted by atomic mass is 10.0. The van der Waals surface area contributed by atoms with Crippen LogP contribution in [0.2, 0.25) is 0 Å². The number of nitrogens with one attached hydrogen (secondary N) is 1. The average Bonchev–Trinajstić information content (AvgIpc) is 2.82. The van der Waals surface area contributed by atoms with E-state index in [0.717, 1.165) is 5.56 Å². The molecule has 1 aliphatic rings. The maximum Gasteiger partial charge on any atom is 0.264 e. The lowest BCUT2D eigenvalue weighted by molar-refractivity contribution is -0.127. The summed E-state index contributed by atoms with van der Waals surface area (Å²) in [6.07, 6.45) is -0.948. The minimum absolute atomic E-state index is 0.0974. The summed E-state index contributed by atoms with van der Waals surface area (Å²) in [6, 6.07) is 25.0. The van der Waals surface area contributed by atoms with E-state index < -0.39 is 16.1 Å². The highest BCUT2D eigenvalue weighted by atomic mass is 32.2. The number of carbonyl (C=O) groups excluding carboxylic acids is 1. The molecule has 0 saturated carbocycles. The third-order valence-electron chi connectivity index (χ3n) is 5.31. The predicted molar refractivity (Wildman–Crippen MR) is 120 cm³/mol. The van der Waals surface area contributed by atoms with Crippen LogP contribution in [0.25, 0.3) is 0 Å². The van der Waals surface area contributed by atoms with E-state index in [1.807, 2.05) is 37.3 Å². The molecule has 7 heteroatoms. The number of hydrogen-bond donors (Lipinski definition) is 1. The zero-order valence-corrected chi connectivity index (χ0v) is 18.0. The second kappa shape index (κ2) is 8.81. The number of nitrogens with zero attached hydrogens (tertiary/aromatic N) is 1. The molecule has 3 aromatic carbocycles. The van der Waals surface area contributed by atoms with Crippen LogP contribution >= 0.6 is 0 Å². The molecule has 0 spiro atoms. The summed E-state index contributed by atoms with van der Waals surface area (Å²) in [5, 5.41) is 2.91. The molecule has 3 aromatic rings. The van der Waals surface area contributed by atoms with Crippen molar-refractivity contribution in [2.75, 3.05) is 17.4 Å². The van der Waals surface area contributed by atoms with Crippen LogP contribution in [0, 0.1) is 0 Å². The van der Waals surface area contributed by atoms with Crippen molar-refractivity contribution < 1.29 is 17.9 Å². The molecule has 4 rings (SSSR count). The van der Waals surface area contributed by atoms with E-state index in [0.29, 0.717) is 18.0 Å². The van der Waals surface area contributed by atoms with Gasteiger partial charge in [-0.1, -0.05) is 67.6 Å². The Kier molecular flexibility index (Phi) is 5.95. The minimum Gasteiger partial charge on any atom is -0.476 e. The molecule has 0 aliphatic carbocycles. The van der Waals surface area contributed by atoms with Crippen LogP contribution < -0.4 is 14.4 Å². The number of fused-ring (bicyclic) bond motifs is 1. The molecule has 0 radical (unpaired) electrons. The Labute approximate surface area is 182 Å². The Hall–Kier alpha value is -3.32. The number of amides is 1. The van der Waals surface area contributed by atoms with Crippen molar-refractivity contribution in [3.63, 3.8) is 0 Å². The molecule has 1 heterocycles. The van der Waals surface area contributed by atoms with Gasteiger partial charge in [0.2, 0.25) is 0 Å². The highest BCUT2D eigenvalue weighted by Crippen LogP contribution is 2.36. The maximum absolute atomic E-state index is 13.3. The highest BCUT2D eigenvalue weighted by molar-refractivity contribution is 7.92. The van der Waals surface area contributed by atoms with E-state index in [1.54, 1.807) is 54.6 Å². The monoisotopic (exact) mass is 436 g/mol. The van der Waals surface area contributed by atoms with Crippen LogP contribution in [0.5, 0.6) is 5.75 Å². The van der Waals surface area contributed by atoms with E-state index >= 15 is 0 Å². The first-order valence-electron chi connectivity index (χ1n) is 10.1. The fraction of sp³-hybridized carbons (Fsp3) is 0.208. The molecule has 0 aromatic heterocycles. The Morgan fingerprint density at radius 3 is 2.32 bits per heavy atom. The first-order valence-corrected chi connectivity index (χ1v) is 11.6. The number of hydrogen-bond acceptors (Lipinski definition) is 4. The normalized spacial score (nSPS) is 16.7. The summed E-state index contributed by atoms with van der Waals surface area (Å²) in [4.78, 5) is 13.1. The quantitative estimate of drug-likeness (QED) is 0.641. The van der Waals surface area contributed by atoms with Crippen LogP contribution in [-0.2, 0) is 14.8 Å². The number of sulfonamides is 1. The Bertz CT molecular complexity index is 1150. The van der Waals surface area contributed by atoms with Gasteiger partial charge in [-0.2, -0.15) is 0 Å². The van der Waals surface area contributed by atoms with Crippen LogP contribution in [0.15, 0.2) is 89.8 Å². The lowest BCUT2D eigenvalue weighted by Crippen LogP contribution is -2.51. The summed E-state index contributed by atoms with van der Waals surface area (Å²) < 4.78 is 33.7. The topological polar surface area (TPSA) is 75.7 Å². The Morgan fingerprint density at radius 1 is 1.00 bits per heavy atom. The second-order valence-electron chi connectivity index (χ2n) is 7.48. The average molecular weight is 437 g/mol. The van der Waals surface area contributed by atoms with Crippen molar-refractivity contribution in [3.05, 3.63) is 90.5 Å². The van der Waals surface area contributed by atoms with Gasteiger partial charge in [0.05, 0.1) is 17.1 Å². The molecule has 0 unspecified atom stereocenters. The fourth-order valence-corrected chi connectivity index (χ4v) is 5.05. The van der Waals surface area contributed by atoms with E-state index in [-0.39, 0.29) is 23.3 Å². The van der Waals surface area contributed by atoms with Gasteiger partial charge >= 0.3 is 0 Å². The van der Waals surface area contributed by atoms with Gasteiger partial charge in [0, 0.05) is 6.54 Å². The summed E-state index contributed by atoms with van der Waals surface area (Å²) in [7, 11) is -3.84. The van der Waals surface area contributed by atoms with E-state index in [9.17, 15) is 13.2 Å². The third kappa shape index (κ3) is 4.41. The van der Waals surface area contributed by atoms with Crippen molar-refractivity contribution >= 4 is 21.6 Å². The van der Waals surface area contributed by atoms with Crippen LogP contribution in [0.1, 0.15) is 18.4 Å². The van der Waals surface area contributed by atoms with Gasteiger partial charge in [0.15, 0.2) is 6.10 Å². The summed E-state index contributed by atoms with van der Waals surface area (Å²) in [5.74, 6) is 0.139. The number of ether oxygens (including phenoxy) is 1. The van der Waals surface area contributed by atoms with Crippen molar-refractivity contribution in [2.24, 2.45) is 0 Å². The molecule has 0 bridgehead atoms. The molecule has 2 atom stereocenters. The maximum atomic E-state index is 13.3. The molecule has 1 aliphatic heterocycles. The van der Waals surface area contributed by atoms with E-state index in [2.05, 4.69) is 5.32 Å². The van der Waals surface area contributed by atoms with E-state index in [1.165, 1.54) is 4.31 Å². The molecule has 1 N–H and O–H groups in total. The van der Waals surface area contributed by atoms with E-state index in [4.69, 9.17) is 4.74 Å². The minimum atomic E-state index is -3.84. The summed E-state index contributed by atoms with van der Waals surface area (Å²) >= 11 is 0. The number of carbonyl (C=O) groups is 1. The molecule has 160 valence electrons. The number of anilines is 1. The zero-order chi connectivity index (χ0) is 21.8. The highest BCUT2D eigenvalue weighted by Gasteiger charge is 2.37. The molecule has 0 saturated heterocycles. The van der Waals surface area contributed by atoms with Crippen LogP contribution in [0.3, 0.4) is 0 Å². The first kappa shape index (κ1) is 20.9. The van der Waals surface area contributed by atoms with Crippen molar-refractivity contribution in [2.45, 2.75) is 23.8 Å². The number of benzene rings is 3. The molecule has 0 fully saturated rings. The van der Waals surface area contributed by atoms with Gasteiger partial charge in [-0.3, -0.25) is 9.10 Å². The Balaban J connectivity index is 1.55. The molecule has 6 nitrogen and oxygen atoms in total. The predicted octanol–water partition coefficient (Wildman–Crippen LogP) is 3.56. The van der Waals surface area contributed by atoms with Crippen molar-refractivity contribution in [1.29, 1.82) is 0 Å². The molecule has 31 heavy (non-hydrogen) atoms. The number of para-hydroxylation sites is 2. The van der Waals surface area contributed by atoms with Gasteiger partial charge in [0.25, 0.3) is 15.9 Å². The smallest absolute Gasteiger partial charge is 0.264 e. The molecular weight excluding hydrogens is 412 g/mol. The summed E-state index contributed by atoms with van der Waals surface area (Å²) in [5.41, 5.74) is 1.54. The molecule has 1 amide bonds. The SMILES string of the molecule is C[C@H](CNC(=O)[C@H]1CN(S(=O)(=O)c2ccccc2)c2ccccc2O1)c1ccccc1. The second-order valence-corrected chi connectivity index (χ2v) is 9.34. The fourth-order valence-electron chi connectivity index (χ4n) is 3.55. The van der Waals surface area contributed by atoms with Gasteiger partial charge in [0.1, 0.15) is 5.75 Å². The lowest BCUT2D eigenvalue weighted by Gasteiger charge is -2.34. The standard InChI is InChI=1S/C24H24N2O4S/c1-18(19-10-4-2-5-11-19)16-25-24(27)23-17-26(21-14-8-9-15-22(21)30-23)31(28,29)20-12-6-3-7-13-20/h2-15,18,23H,16-17H2,1H3,(H,25,27)/t18-,23-/m1/s1.